The van der Waals surface area contributed by atoms with Crippen LogP contribution in [0.1, 0.15) is 0 Å². The molecule has 0 unspecified atom stereocenters. The maximum Gasteiger partial charge on any atom is 0.0640 e. The van der Waals surface area contributed by atoms with Crippen molar-refractivity contribution in [1.29, 1.82) is 0 Å². The first kappa shape index (κ1) is 30.1. The van der Waals surface area contributed by atoms with E-state index in [1.54, 1.807) is 0 Å². The van der Waals surface area contributed by atoms with Crippen LogP contribution in [-0.4, -0.2) is 9.13 Å². The van der Waals surface area contributed by atoms with Crippen LogP contribution in [0.3, 0.4) is 0 Å². The van der Waals surface area contributed by atoms with E-state index in [-0.39, 0.29) is 0 Å². The van der Waals surface area contributed by atoms with Crippen molar-refractivity contribution in [3.05, 3.63) is 200 Å². The molecule has 2 aromatic heterocycles. The third kappa shape index (κ3) is 4.32. The lowest BCUT2D eigenvalue weighted by molar-refractivity contribution is 1.18. The third-order valence-corrected chi connectivity index (χ3v) is 11.6. The zero-order valence-corrected chi connectivity index (χ0v) is 29.9. The average Bonchev–Trinajstić information content (AvgIpc) is 3.77. The van der Waals surface area contributed by atoms with Crippen LogP contribution in [0, 0.1) is 0 Å². The number of benzene rings is 9. The van der Waals surface area contributed by atoms with Crippen LogP contribution in [0.15, 0.2) is 200 Å². The lowest BCUT2D eigenvalue weighted by Gasteiger charge is -2.34. The van der Waals surface area contributed by atoms with E-state index in [1.807, 2.05) is 0 Å². The predicted octanol–water partition coefficient (Wildman–Crippen LogP) is 14.2. The van der Waals surface area contributed by atoms with E-state index >= 15 is 0 Å². The van der Waals surface area contributed by atoms with Gasteiger partial charge in [-0.1, -0.05) is 127 Å². The topological polar surface area (TPSA) is 13.1 Å². The molecule has 55 heavy (non-hydrogen) atoms. The number of hydrogen-bond donors (Lipinski definition) is 0. The molecule has 0 fully saturated rings. The summed E-state index contributed by atoms with van der Waals surface area (Å²) in [7, 11) is 0. The molecule has 3 heterocycles. The van der Waals surface area contributed by atoms with E-state index in [1.165, 1.54) is 93.7 Å². The summed E-state index contributed by atoms with van der Waals surface area (Å²) < 4.78 is 4.83. The molecule has 3 nitrogen and oxygen atoms in total. The Bertz CT molecular complexity index is 3310. The van der Waals surface area contributed by atoms with Gasteiger partial charge >= 0.3 is 0 Å². The van der Waals surface area contributed by atoms with Crippen LogP contribution < -0.4 is 4.90 Å². The van der Waals surface area contributed by atoms with Gasteiger partial charge in [0.25, 0.3) is 0 Å². The van der Waals surface area contributed by atoms with Gasteiger partial charge in [-0.3, -0.25) is 0 Å². The lowest BCUT2D eigenvalue weighted by Crippen LogP contribution is -2.15. The Morgan fingerprint density at radius 1 is 0.309 bits per heavy atom. The molecule has 0 spiro atoms. The van der Waals surface area contributed by atoms with Crippen LogP contribution in [0.2, 0.25) is 0 Å². The smallest absolute Gasteiger partial charge is 0.0640 e. The van der Waals surface area contributed by atoms with E-state index in [4.69, 9.17) is 0 Å². The molecule has 0 N–H and O–H groups in total. The highest BCUT2D eigenvalue weighted by Crippen LogP contribution is 2.55. The fraction of sp³-hybridized carbons (Fsp3) is 0. The largest absolute Gasteiger partial charge is 0.309 e. The molecule has 0 aliphatic carbocycles. The van der Waals surface area contributed by atoms with Crippen LogP contribution in [-0.2, 0) is 0 Å². The molecule has 0 amide bonds. The Hall–Kier alpha value is -7.36. The zero-order valence-electron chi connectivity index (χ0n) is 29.9. The van der Waals surface area contributed by atoms with Gasteiger partial charge in [-0.15, -0.1) is 0 Å². The van der Waals surface area contributed by atoms with Crippen LogP contribution in [0.25, 0.3) is 88.0 Å². The summed E-state index contributed by atoms with van der Waals surface area (Å²) in [5.74, 6) is 0. The van der Waals surface area contributed by atoms with E-state index in [0.29, 0.717) is 0 Å². The first-order valence-corrected chi connectivity index (χ1v) is 18.9. The summed E-state index contributed by atoms with van der Waals surface area (Å²) >= 11 is 0. The van der Waals surface area contributed by atoms with Gasteiger partial charge in [-0.05, 0) is 94.9 Å². The molecule has 0 saturated heterocycles. The van der Waals surface area contributed by atoms with Crippen molar-refractivity contribution in [3.8, 4) is 33.6 Å². The molecule has 0 bridgehead atoms. The average molecular weight is 700 g/mol. The van der Waals surface area contributed by atoms with E-state index in [0.717, 1.165) is 11.4 Å². The molecule has 0 saturated carbocycles. The second kappa shape index (κ2) is 11.6. The van der Waals surface area contributed by atoms with Crippen LogP contribution in [0.4, 0.5) is 17.1 Å². The Balaban J connectivity index is 1.09. The summed E-state index contributed by atoms with van der Waals surface area (Å²) in [6.07, 6.45) is 0. The van der Waals surface area contributed by atoms with Gasteiger partial charge in [0.15, 0.2) is 0 Å². The highest BCUT2D eigenvalue weighted by Gasteiger charge is 2.30. The second-order valence-electron chi connectivity index (χ2n) is 14.5. The molecule has 1 aliphatic heterocycles. The standard InChI is InChI=1S/C52H33N3/c1-3-17-37(18-4-1)53-45-25-9-7-22-40(45)44-33-36(28-30-47(44)53)35-16-11-21-39(32-35)54-46-26-10-8-23-43(46)51-49(54)31-29-42-41-24-12-14-34-15-13-27-48(50(34)41)55(52(42)51)38-19-5-2-6-20-38/h1-33H. The van der Waals surface area contributed by atoms with Crippen molar-refractivity contribution < 1.29 is 0 Å². The van der Waals surface area contributed by atoms with Gasteiger partial charge < -0.3 is 14.0 Å². The first-order chi connectivity index (χ1) is 27.3. The molecular weight excluding hydrogens is 667 g/mol. The van der Waals surface area contributed by atoms with Gasteiger partial charge in [-0.25, -0.2) is 0 Å². The number of hydrogen-bond acceptors (Lipinski definition) is 1. The molecule has 11 aromatic rings. The highest BCUT2D eigenvalue weighted by atomic mass is 15.2. The van der Waals surface area contributed by atoms with Crippen molar-refractivity contribution in [2.45, 2.75) is 0 Å². The van der Waals surface area contributed by atoms with E-state index in [9.17, 15) is 0 Å². The Morgan fingerprint density at radius 3 is 1.73 bits per heavy atom. The Morgan fingerprint density at radius 2 is 0.909 bits per heavy atom. The number of aromatic nitrogens is 2. The fourth-order valence-electron chi connectivity index (χ4n) is 9.30. The molecule has 12 rings (SSSR count). The summed E-state index contributed by atoms with van der Waals surface area (Å²) in [5, 5.41) is 7.55. The van der Waals surface area contributed by atoms with E-state index < -0.39 is 0 Å². The number of para-hydroxylation sites is 4. The van der Waals surface area contributed by atoms with Crippen LogP contribution in [0.5, 0.6) is 0 Å². The van der Waals surface area contributed by atoms with Crippen molar-refractivity contribution in [2.75, 3.05) is 4.90 Å². The number of rotatable bonds is 4. The summed E-state index contributed by atoms with van der Waals surface area (Å²) in [5.41, 5.74) is 15.6. The summed E-state index contributed by atoms with van der Waals surface area (Å²) in [6.45, 7) is 0. The molecule has 0 atom stereocenters. The molecule has 1 aliphatic rings. The van der Waals surface area contributed by atoms with Gasteiger partial charge in [0, 0.05) is 49.6 Å². The van der Waals surface area contributed by atoms with Crippen molar-refractivity contribution in [2.24, 2.45) is 0 Å². The molecular formula is C52H33N3. The minimum Gasteiger partial charge on any atom is -0.309 e. The van der Waals surface area contributed by atoms with Gasteiger partial charge in [-0.2, -0.15) is 0 Å². The van der Waals surface area contributed by atoms with Gasteiger partial charge in [0.1, 0.15) is 0 Å². The van der Waals surface area contributed by atoms with Crippen molar-refractivity contribution >= 4 is 71.4 Å². The molecule has 0 radical (unpaired) electrons. The monoisotopic (exact) mass is 699 g/mol. The maximum atomic E-state index is 2.49. The fourth-order valence-corrected chi connectivity index (χ4v) is 9.30. The summed E-state index contributed by atoms with van der Waals surface area (Å²) in [4.78, 5) is 2.49. The van der Waals surface area contributed by atoms with Crippen molar-refractivity contribution in [1.82, 2.24) is 9.13 Å². The second-order valence-corrected chi connectivity index (χ2v) is 14.5. The number of nitrogens with zero attached hydrogens (tertiary/aromatic N) is 3. The Labute approximate surface area is 318 Å². The summed E-state index contributed by atoms with van der Waals surface area (Å²) in [6, 6.07) is 73.2. The minimum absolute atomic E-state index is 1.14. The van der Waals surface area contributed by atoms with Gasteiger partial charge in [0.2, 0.25) is 0 Å². The number of fused-ring (bicyclic) bond motifs is 9. The predicted molar refractivity (Wildman–Crippen MR) is 232 cm³/mol. The SMILES string of the molecule is c1ccc(N2c3cccc4cccc(c34)-c3ccc4c(c32)c2ccccc2n4-c2cccc(-c3ccc4c(c3)c3ccccc3n4-c3ccccc3)c2)cc1. The highest BCUT2D eigenvalue weighted by molar-refractivity contribution is 6.24. The maximum absolute atomic E-state index is 2.49. The number of anilines is 3. The minimum atomic E-state index is 1.14. The van der Waals surface area contributed by atoms with Gasteiger partial charge in [0.05, 0.1) is 33.4 Å². The van der Waals surface area contributed by atoms with Crippen molar-refractivity contribution in [3.63, 3.8) is 0 Å². The van der Waals surface area contributed by atoms with E-state index in [2.05, 4.69) is 214 Å². The normalized spacial score (nSPS) is 12.3. The lowest BCUT2D eigenvalue weighted by atomic mass is 9.89. The Kier molecular flexibility index (Phi) is 6.34. The first-order valence-electron chi connectivity index (χ1n) is 18.9. The third-order valence-electron chi connectivity index (χ3n) is 11.6. The quantitative estimate of drug-likeness (QED) is 0.178. The molecule has 256 valence electrons. The zero-order chi connectivity index (χ0) is 36.0. The van der Waals surface area contributed by atoms with Crippen LogP contribution >= 0.6 is 0 Å². The molecule has 3 heteroatoms. The molecule has 9 aromatic carbocycles.